The fraction of sp³-hybridized carbons (Fsp3) is 0.100. The summed E-state index contributed by atoms with van der Waals surface area (Å²) in [4.78, 5) is 22.4. The lowest BCUT2D eigenvalue weighted by atomic mass is 9.96. The number of fused-ring (bicyclic) bond motifs is 1. The number of aliphatic imine (C=N–C) groups is 1. The van der Waals surface area contributed by atoms with E-state index in [2.05, 4.69) is 25.8 Å². The first-order valence-corrected chi connectivity index (χ1v) is 12.3. The molecule has 1 aliphatic heterocycles. The molecule has 6 rings (SSSR count). The van der Waals surface area contributed by atoms with Gasteiger partial charge in [-0.05, 0) is 29.8 Å². The number of nitrogens with one attached hydrogen (secondary N) is 2. The van der Waals surface area contributed by atoms with E-state index in [1.807, 2.05) is 97.1 Å². The zero-order chi connectivity index (χ0) is 25.7. The smallest absolute Gasteiger partial charge is 0.317 e. The zero-order valence-electron chi connectivity index (χ0n) is 20.4. The first-order valence-electron chi connectivity index (χ1n) is 12.3. The minimum atomic E-state index is -0.872. The molecule has 0 bridgehead atoms. The second kappa shape index (κ2) is 10.5. The molecular formula is C30H24N6O2. The summed E-state index contributed by atoms with van der Waals surface area (Å²) in [6.45, 7) is 0.547. The third-order valence-corrected chi connectivity index (χ3v) is 6.28. The van der Waals surface area contributed by atoms with Crippen LogP contribution in [0.5, 0.6) is 0 Å². The van der Waals surface area contributed by atoms with Gasteiger partial charge in [-0.1, -0.05) is 77.9 Å². The van der Waals surface area contributed by atoms with E-state index in [1.54, 1.807) is 6.20 Å². The molecular weight excluding hydrogens is 476 g/mol. The Kier molecular flexibility index (Phi) is 6.42. The van der Waals surface area contributed by atoms with Crippen LogP contribution in [-0.4, -0.2) is 32.8 Å². The van der Waals surface area contributed by atoms with Crippen molar-refractivity contribution in [2.24, 2.45) is 4.99 Å². The van der Waals surface area contributed by atoms with E-state index in [0.29, 0.717) is 12.4 Å². The molecule has 1 aliphatic rings. The number of carbonyl (C=O) groups excluding carboxylic acids is 1. The molecule has 2 N–H and O–H groups in total. The molecule has 0 fully saturated rings. The lowest BCUT2D eigenvalue weighted by molar-refractivity contribution is -0.119. The van der Waals surface area contributed by atoms with Crippen LogP contribution in [0.4, 0.5) is 11.7 Å². The Morgan fingerprint density at radius 3 is 2.42 bits per heavy atom. The average molecular weight is 501 g/mol. The Balaban J connectivity index is 1.27. The normalized spacial score (nSPS) is 14.8. The number of aromatic nitrogens is 3. The summed E-state index contributed by atoms with van der Waals surface area (Å²) >= 11 is 0. The summed E-state index contributed by atoms with van der Waals surface area (Å²) < 4.78 is 5.96. The van der Waals surface area contributed by atoms with Gasteiger partial charge in [0.15, 0.2) is 11.9 Å². The van der Waals surface area contributed by atoms with Gasteiger partial charge in [0.1, 0.15) is 0 Å². The average Bonchev–Trinajstić information content (AvgIpc) is 3.38. The number of benzene rings is 3. The number of pyridine rings is 1. The Labute approximate surface area is 219 Å². The van der Waals surface area contributed by atoms with Crippen molar-refractivity contribution in [1.82, 2.24) is 15.2 Å². The van der Waals surface area contributed by atoms with Gasteiger partial charge in [0, 0.05) is 29.4 Å². The molecule has 8 nitrogen and oxygen atoms in total. The molecule has 3 aromatic carbocycles. The number of Topliss-reactive ketones (excluding diaryl/α,β-unsaturated/α-hetero) is 1. The second-order valence-corrected chi connectivity index (χ2v) is 8.82. The summed E-state index contributed by atoms with van der Waals surface area (Å²) in [6.07, 6.45) is 1.13. The Hall–Kier alpha value is -5.11. The van der Waals surface area contributed by atoms with Crippen molar-refractivity contribution in [3.8, 4) is 11.5 Å². The highest BCUT2D eigenvalue weighted by atomic mass is 16.4. The standard InChI is InChI=1S/C30H24N6O2/c37-26-18-21-12-4-5-14-23(21)27(20-10-2-1-3-11-20)33-28(26)34-30-36-35-29(38-30)24-15-6-7-16-25(24)32-19-22-13-8-9-17-31-22/h1-17,28,32H,18-19H2,(H,34,36). The third kappa shape index (κ3) is 4.92. The van der Waals surface area contributed by atoms with Crippen molar-refractivity contribution in [2.75, 3.05) is 10.6 Å². The quantitative estimate of drug-likeness (QED) is 0.319. The molecule has 5 aromatic rings. The van der Waals surface area contributed by atoms with Gasteiger partial charge in [0.05, 0.1) is 23.5 Å². The van der Waals surface area contributed by atoms with Crippen LogP contribution < -0.4 is 10.6 Å². The molecule has 1 unspecified atom stereocenters. The highest BCUT2D eigenvalue weighted by molar-refractivity contribution is 6.16. The topological polar surface area (TPSA) is 105 Å². The first-order chi connectivity index (χ1) is 18.7. The van der Waals surface area contributed by atoms with Crippen LogP contribution in [0.3, 0.4) is 0 Å². The number of para-hydroxylation sites is 1. The summed E-state index contributed by atoms with van der Waals surface area (Å²) in [7, 11) is 0. The molecule has 38 heavy (non-hydrogen) atoms. The molecule has 8 heteroatoms. The third-order valence-electron chi connectivity index (χ3n) is 6.28. The van der Waals surface area contributed by atoms with Gasteiger partial charge in [-0.25, -0.2) is 0 Å². The monoisotopic (exact) mass is 500 g/mol. The first kappa shape index (κ1) is 23.3. The SMILES string of the molecule is O=C1Cc2ccccc2C(c2ccccc2)=NC1Nc1nnc(-c2ccccc2NCc2ccccn2)o1. The van der Waals surface area contributed by atoms with E-state index in [-0.39, 0.29) is 18.2 Å². The van der Waals surface area contributed by atoms with Gasteiger partial charge in [0.25, 0.3) is 5.89 Å². The molecule has 0 amide bonds. The van der Waals surface area contributed by atoms with Crippen LogP contribution in [0.1, 0.15) is 22.4 Å². The summed E-state index contributed by atoms with van der Waals surface area (Å²) in [6, 6.07) is 31.3. The molecule has 186 valence electrons. The van der Waals surface area contributed by atoms with Crippen LogP contribution in [0, 0.1) is 0 Å². The minimum Gasteiger partial charge on any atom is -0.403 e. The summed E-state index contributed by atoms with van der Waals surface area (Å²) in [5.41, 5.74) is 6.04. The summed E-state index contributed by atoms with van der Waals surface area (Å²) in [5.74, 6) is 0.244. The lowest BCUT2D eigenvalue weighted by Gasteiger charge is -2.12. The van der Waals surface area contributed by atoms with Crippen molar-refractivity contribution < 1.29 is 9.21 Å². The molecule has 2 aromatic heterocycles. The molecule has 0 aliphatic carbocycles. The van der Waals surface area contributed by atoms with Gasteiger partial charge in [-0.15, -0.1) is 5.10 Å². The van der Waals surface area contributed by atoms with E-state index < -0.39 is 6.17 Å². The predicted octanol–water partition coefficient (Wildman–Crippen LogP) is 5.14. The van der Waals surface area contributed by atoms with E-state index in [1.165, 1.54) is 0 Å². The largest absolute Gasteiger partial charge is 0.403 e. The van der Waals surface area contributed by atoms with Crippen LogP contribution in [0.25, 0.3) is 11.5 Å². The van der Waals surface area contributed by atoms with Crippen molar-refractivity contribution >= 4 is 23.2 Å². The second-order valence-electron chi connectivity index (χ2n) is 8.82. The molecule has 1 atom stereocenters. The van der Waals surface area contributed by atoms with Gasteiger partial charge in [-0.3, -0.25) is 14.8 Å². The van der Waals surface area contributed by atoms with Crippen molar-refractivity contribution in [3.05, 3.63) is 126 Å². The van der Waals surface area contributed by atoms with Crippen molar-refractivity contribution in [3.63, 3.8) is 0 Å². The number of rotatable bonds is 7. The number of ketones is 1. The predicted molar refractivity (Wildman–Crippen MR) is 146 cm³/mol. The highest BCUT2D eigenvalue weighted by Crippen LogP contribution is 2.29. The van der Waals surface area contributed by atoms with Crippen LogP contribution in [0.15, 0.2) is 113 Å². The molecule has 0 saturated heterocycles. The minimum absolute atomic E-state index is 0.0828. The number of carbonyl (C=O) groups is 1. The van der Waals surface area contributed by atoms with Crippen LogP contribution in [0.2, 0.25) is 0 Å². The molecule has 0 saturated carbocycles. The Morgan fingerprint density at radius 2 is 1.58 bits per heavy atom. The lowest BCUT2D eigenvalue weighted by Crippen LogP contribution is -2.29. The van der Waals surface area contributed by atoms with E-state index in [4.69, 9.17) is 9.41 Å². The molecule has 0 spiro atoms. The fourth-order valence-corrected chi connectivity index (χ4v) is 4.42. The maximum Gasteiger partial charge on any atom is 0.317 e. The van der Waals surface area contributed by atoms with E-state index >= 15 is 0 Å². The van der Waals surface area contributed by atoms with Gasteiger partial charge >= 0.3 is 6.01 Å². The number of nitrogens with zero attached hydrogens (tertiary/aromatic N) is 4. The fourth-order valence-electron chi connectivity index (χ4n) is 4.42. The van der Waals surface area contributed by atoms with E-state index in [0.717, 1.165) is 39.3 Å². The maximum absolute atomic E-state index is 13.2. The van der Waals surface area contributed by atoms with Crippen LogP contribution in [-0.2, 0) is 17.8 Å². The highest BCUT2D eigenvalue weighted by Gasteiger charge is 2.27. The van der Waals surface area contributed by atoms with E-state index in [9.17, 15) is 4.79 Å². The van der Waals surface area contributed by atoms with Crippen molar-refractivity contribution in [2.45, 2.75) is 19.1 Å². The van der Waals surface area contributed by atoms with Gasteiger partial charge < -0.3 is 15.1 Å². The molecule has 3 heterocycles. The molecule has 0 radical (unpaired) electrons. The van der Waals surface area contributed by atoms with Crippen LogP contribution >= 0.6 is 0 Å². The Bertz CT molecular complexity index is 1600. The van der Waals surface area contributed by atoms with Gasteiger partial charge in [-0.2, -0.15) is 0 Å². The number of hydrogen-bond acceptors (Lipinski definition) is 8. The Morgan fingerprint density at radius 1 is 0.816 bits per heavy atom. The van der Waals surface area contributed by atoms with Gasteiger partial charge in [0.2, 0.25) is 0 Å². The number of anilines is 2. The summed E-state index contributed by atoms with van der Waals surface area (Å²) in [5, 5.41) is 14.9. The maximum atomic E-state index is 13.2. The van der Waals surface area contributed by atoms with Crippen molar-refractivity contribution in [1.29, 1.82) is 0 Å². The zero-order valence-corrected chi connectivity index (χ0v) is 20.4. The number of hydrogen-bond donors (Lipinski definition) is 2.